The Morgan fingerprint density at radius 1 is 1.11 bits per heavy atom. The Morgan fingerprint density at radius 3 is 2.71 bits per heavy atom. The van der Waals surface area contributed by atoms with Gasteiger partial charge in [-0.05, 0) is 65.3 Å². The first-order valence-corrected chi connectivity index (χ1v) is 9.84. The van der Waals surface area contributed by atoms with Crippen LogP contribution in [0.1, 0.15) is 40.8 Å². The average molecular weight is 387 g/mol. The molecule has 0 saturated heterocycles. The van der Waals surface area contributed by atoms with E-state index in [0.717, 1.165) is 49.4 Å². The highest BCUT2D eigenvalue weighted by molar-refractivity contribution is 5.52. The monoisotopic (exact) mass is 387 g/mol. The molecule has 2 aromatic rings. The van der Waals surface area contributed by atoms with Crippen molar-refractivity contribution in [1.29, 1.82) is 0 Å². The third-order valence-corrected chi connectivity index (χ3v) is 6.02. The zero-order valence-corrected chi connectivity index (χ0v) is 15.8. The first-order valence-electron chi connectivity index (χ1n) is 9.84. The highest BCUT2D eigenvalue weighted by Crippen LogP contribution is 2.44. The summed E-state index contributed by atoms with van der Waals surface area (Å²) in [4.78, 5) is 2.51. The van der Waals surface area contributed by atoms with Crippen LogP contribution < -0.4 is 14.2 Å². The van der Waals surface area contributed by atoms with Crippen molar-refractivity contribution in [2.45, 2.75) is 45.2 Å². The van der Waals surface area contributed by atoms with Crippen LogP contribution in [-0.2, 0) is 25.8 Å². The van der Waals surface area contributed by atoms with Crippen molar-refractivity contribution in [3.63, 3.8) is 0 Å². The molecule has 3 aliphatic heterocycles. The van der Waals surface area contributed by atoms with Gasteiger partial charge in [0, 0.05) is 19.1 Å². The molecule has 3 heterocycles. The lowest BCUT2D eigenvalue weighted by molar-refractivity contribution is 0.0812. The van der Waals surface area contributed by atoms with Gasteiger partial charge in [0.05, 0.1) is 0 Å². The molecule has 0 aliphatic carbocycles. The molecule has 0 N–H and O–H groups in total. The third-order valence-electron chi connectivity index (χ3n) is 6.02. The summed E-state index contributed by atoms with van der Waals surface area (Å²) in [6.45, 7) is 3.62. The maximum Gasteiger partial charge on any atom is 0.272 e. The van der Waals surface area contributed by atoms with Gasteiger partial charge in [0.15, 0.2) is 11.5 Å². The summed E-state index contributed by atoms with van der Waals surface area (Å²) >= 11 is 0. The Hall–Kier alpha value is -2.34. The zero-order chi connectivity index (χ0) is 19.3. The molecule has 4 nitrogen and oxygen atoms in total. The predicted octanol–water partition coefficient (Wildman–Crippen LogP) is 4.28. The molecule has 0 amide bonds. The zero-order valence-electron chi connectivity index (χ0n) is 15.8. The third kappa shape index (κ3) is 3.00. The number of alkyl halides is 2. The predicted molar refractivity (Wildman–Crippen MR) is 100 cm³/mol. The summed E-state index contributed by atoms with van der Waals surface area (Å²) in [5.41, 5.74) is 6.07. The number of hydrogen-bond acceptors (Lipinski definition) is 4. The first-order chi connectivity index (χ1) is 13.6. The fourth-order valence-electron chi connectivity index (χ4n) is 4.62. The van der Waals surface area contributed by atoms with Crippen molar-refractivity contribution in [2.75, 3.05) is 19.9 Å². The molecule has 28 heavy (non-hydrogen) atoms. The van der Waals surface area contributed by atoms with E-state index in [1.807, 2.05) is 13.0 Å². The lowest BCUT2D eigenvalue weighted by Crippen LogP contribution is -2.39. The van der Waals surface area contributed by atoms with E-state index in [0.29, 0.717) is 5.75 Å². The molecule has 6 heteroatoms. The Labute approximate surface area is 163 Å². The lowest BCUT2D eigenvalue weighted by Gasteiger charge is -2.41. The topological polar surface area (TPSA) is 30.9 Å². The molecule has 0 aromatic heterocycles. The number of hydrogen-bond donors (Lipinski definition) is 0. The number of rotatable bonds is 4. The van der Waals surface area contributed by atoms with E-state index in [9.17, 15) is 8.78 Å². The van der Waals surface area contributed by atoms with E-state index in [4.69, 9.17) is 14.2 Å². The molecule has 3 aliphatic rings. The van der Waals surface area contributed by atoms with Crippen molar-refractivity contribution >= 4 is 0 Å². The second-order valence-corrected chi connectivity index (χ2v) is 7.63. The number of benzene rings is 2. The van der Waals surface area contributed by atoms with Crippen LogP contribution in [-0.4, -0.2) is 31.3 Å². The van der Waals surface area contributed by atoms with Crippen molar-refractivity contribution < 1.29 is 23.0 Å². The highest BCUT2D eigenvalue weighted by Gasteiger charge is 2.34. The number of ether oxygens (including phenoxy) is 3. The number of aryl methyl sites for hydroxylation is 1. The molecule has 2 aromatic carbocycles. The fraction of sp³-hybridized carbons (Fsp3) is 0.455. The summed E-state index contributed by atoms with van der Waals surface area (Å²) in [5, 5.41) is 0. The molecular formula is C22H23F2NO3. The largest absolute Gasteiger partial charge is 0.487 e. The van der Waals surface area contributed by atoms with Gasteiger partial charge in [0.1, 0.15) is 12.4 Å². The minimum atomic E-state index is -2.47. The van der Waals surface area contributed by atoms with Crippen molar-refractivity contribution in [3.05, 3.63) is 52.1 Å². The normalized spacial score (nSPS) is 19.9. The Morgan fingerprint density at radius 2 is 1.93 bits per heavy atom. The molecule has 0 fully saturated rings. The summed E-state index contributed by atoms with van der Waals surface area (Å²) in [7, 11) is 0. The van der Waals surface area contributed by atoms with Crippen LogP contribution in [0.3, 0.4) is 0 Å². The molecule has 0 spiro atoms. The number of halogens is 2. The second kappa shape index (κ2) is 6.92. The minimum absolute atomic E-state index is 0.265. The van der Waals surface area contributed by atoms with Gasteiger partial charge in [-0.3, -0.25) is 4.90 Å². The molecule has 0 radical (unpaired) electrons. The van der Waals surface area contributed by atoms with E-state index in [1.54, 1.807) is 0 Å². The highest BCUT2D eigenvalue weighted by atomic mass is 19.3. The van der Waals surface area contributed by atoms with E-state index in [-0.39, 0.29) is 12.8 Å². The Kier molecular flexibility index (Phi) is 4.38. The lowest BCUT2D eigenvalue weighted by atomic mass is 9.83. The quantitative estimate of drug-likeness (QED) is 0.784. The first kappa shape index (κ1) is 17.7. The van der Waals surface area contributed by atoms with Gasteiger partial charge in [0.2, 0.25) is 6.79 Å². The van der Waals surface area contributed by atoms with Crippen molar-refractivity contribution in [2.24, 2.45) is 0 Å². The van der Waals surface area contributed by atoms with Crippen LogP contribution in [0.5, 0.6) is 17.2 Å². The van der Waals surface area contributed by atoms with Gasteiger partial charge in [-0.15, -0.1) is 0 Å². The van der Waals surface area contributed by atoms with Gasteiger partial charge >= 0.3 is 0 Å². The summed E-state index contributed by atoms with van der Waals surface area (Å²) < 4.78 is 41.8. The molecule has 5 rings (SSSR count). The Bertz CT molecular complexity index is 915. The minimum Gasteiger partial charge on any atom is -0.487 e. The van der Waals surface area contributed by atoms with E-state index >= 15 is 0 Å². The van der Waals surface area contributed by atoms with Gasteiger partial charge in [-0.25, -0.2) is 8.78 Å². The smallest absolute Gasteiger partial charge is 0.272 e. The summed E-state index contributed by atoms with van der Waals surface area (Å²) in [6, 6.07) is 8.62. The molecule has 1 atom stereocenters. The van der Waals surface area contributed by atoms with Gasteiger partial charge < -0.3 is 14.2 Å². The maximum absolute atomic E-state index is 12.6. The Balaban J connectivity index is 1.49. The van der Waals surface area contributed by atoms with E-state index < -0.39 is 13.0 Å². The molecule has 148 valence electrons. The van der Waals surface area contributed by atoms with Crippen molar-refractivity contribution in [1.82, 2.24) is 4.90 Å². The van der Waals surface area contributed by atoms with E-state index in [2.05, 4.69) is 23.1 Å². The van der Waals surface area contributed by atoms with Gasteiger partial charge in [-0.1, -0.05) is 13.0 Å². The van der Waals surface area contributed by atoms with Crippen LogP contribution in [0, 0.1) is 0 Å². The maximum atomic E-state index is 12.6. The van der Waals surface area contributed by atoms with Gasteiger partial charge in [-0.2, -0.15) is 0 Å². The molecule has 0 unspecified atom stereocenters. The van der Waals surface area contributed by atoms with Crippen LogP contribution in [0.2, 0.25) is 0 Å². The number of fused-ring (bicyclic) bond motifs is 5. The van der Waals surface area contributed by atoms with E-state index in [1.165, 1.54) is 22.3 Å². The van der Waals surface area contributed by atoms with Crippen LogP contribution in [0.4, 0.5) is 8.78 Å². The molecule has 0 saturated carbocycles. The van der Waals surface area contributed by atoms with Crippen molar-refractivity contribution in [3.8, 4) is 17.2 Å². The SMILES string of the molecule is CCc1cc2c(cc1OCC(F)F)C[C@H]1c3cc4c(cc3CCN1C2)OCO4. The second-order valence-electron chi connectivity index (χ2n) is 7.63. The van der Waals surface area contributed by atoms with Crippen LogP contribution >= 0.6 is 0 Å². The standard InChI is InChI=1S/C22H23F2NO3/c1-2-13-5-16-10-25-4-3-14-7-20-21(28-12-27-20)9-17(14)18(25)6-15(16)8-19(13)26-11-22(23)24/h5,7-9,18,22H,2-4,6,10-12H2,1H3/t18-/m0/s1. The fourth-order valence-corrected chi connectivity index (χ4v) is 4.62. The van der Waals surface area contributed by atoms with Crippen LogP contribution in [0.25, 0.3) is 0 Å². The molecular weight excluding hydrogens is 364 g/mol. The average Bonchev–Trinajstić information content (AvgIpc) is 3.15. The molecule has 0 bridgehead atoms. The summed E-state index contributed by atoms with van der Waals surface area (Å²) in [6.07, 6.45) is 0.137. The van der Waals surface area contributed by atoms with Crippen LogP contribution in [0.15, 0.2) is 24.3 Å². The summed E-state index contributed by atoms with van der Waals surface area (Å²) in [5.74, 6) is 2.24. The number of nitrogens with zero attached hydrogens (tertiary/aromatic N) is 1. The van der Waals surface area contributed by atoms with Gasteiger partial charge in [0.25, 0.3) is 6.43 Å².